The smallest absolute Gasteiger partial charge is 0.346 e. The summed E-state index contributed by atoms with van der Waals surface area (Å²) < 4.78 is 56.5. The summed E-state index contributed by atoms with van der Waals surface area (Å²) in [4.78, 5) is 30.3. The summed E-state index contributed by atoms with van der Waals surface area (Å²) >= 11 is 0. The van der Waals surface area contributed by atoms with Gasteiger partial charge in [0.05, 0.1) is 23.7 Å². The van der Waals surface area contributed by atoms with Crippen LogP contribution < -0.4 is 10.2 Å². The number of piperidine rings is 1. The molecule has 2 fully saturated rings. The third kappa shape index (κ3) is 5.09. The number of aromatic nitrogens is 4. The van der Waals surface area contributed by atoms with Crippen molar-refractivity contribution in [2.45, 2.75) is 57.3 Å². The third-order valence-electron chi connectivity index (χ3n) is 7.82. The van der Waals surface area contributed by atoms with Crippen molar-refractivity contribution in [3.05, 3.63) is 53.5 Å². The van der Waals surface area contributed by atoms with Crippen molar-refractivity contribution in [3.8, 4) is 11.3 Å². The molecule has 1 N–H and O–H groups in total. The molecule has 0 bridgehead atoms. The second-order valence-corrected chi connectivity index (χ2v) is 10.4. The maximum atomic E-state index is 14.0. The lowest BCUT2D eigenvalue weighted by Gasteiger charge is -2.37. The molecule has 2 aromatic heterocycles. The fourth-order valence-corrected chi connectivity index (χ4v) is 5.88. The molecule has 2 saturated heterocycles. The monoisotopic (exact) mass is 543 g/mol. The van der Waals surface area contributed by atoms with Gasteiger partial charge >= 0.3 is 6.18 Å². The van der Waals surface area contributed by atoms with E-state index in [4.69, 9.17) is 4.98 Å². The molecule has 0 saturated carbocycles. The summed E-state index contributed by atoms with van der Waals surface area (Å²) in [6, 6.07) is 2.83. The van der Waals surface area contributed by atoms with Gasteiger partial charge in [0.15, 0.2) is 0 Å². The van der Waals surface area contributed by atoms with Gasteiger partial charge in [0.2, 0.25) is 5.91 Å². The number of rotatable bonds is 6. The SMILES string of the molecule is O=C1Cc2c(ncnc2N2CCCCC2c2nc(-c3ccc(F)c(C(F)(F)F)c3)cn2CCN2CCCC2)N1. The minimum atomic E-state index is -4.81. The molecule has 0 radical (unpaired) electrons. The van der Waals surface area contributed by atoms with Gasteiger partial charge in [0, 0.05) is 37.0 Å². The molecular formula is C27H29F4N7O. The van der Waals surface area contributed by atoms with Gasteiger partial charge in [-0.05, 0) is 63.4 Å². The van der Waals surface area contributed by atoms with Crippen LogP contribution in [0.3, 0.4) is 0 Å². The first-order valence-electron chi connectivity index (χ1n) is 13.3. The highest BCUT2D eigenvalue weighted by atomic mass is 19.4. The molecule has 0 aliphatic carbocycles. The Morgan fingerprint density at radius 1 is 1.03 bits per heavy atom. The number of nitrogens with zero attached hydrogens (tertiary/aromatic N) is 6. The minimum Gasteiger partial charge on any atom is -0.346 e. The molecule has 3 aliphatic heterocycles. The van der Waals surface area contributed by atoms with Crippen LogP contribution in [0.5, 0.6) is 0 Å². The van der Waals surface area contributed by atoms with Crippen LogP contribution in [0.2, 0.25) is 0 Å². The number of anilines is 2. The predicted octanol–water partition coefficient (Wildman–Crippen LogP) is 4.82. The highest BCUT2D eigenvalue weighted by Gasteiger charge is 2.36. The van der Waals surface area contributed by atoms with Crippen molar-refractivity contribution in [1.82, 2.24) is 24.4 Å². The Bertz CT molecular complexity index is 1380. The van der Waals surface area contributed by atoms with Crippen LogP contribution in [0.15, 0.2) is 30.7 Å². The average molecular weight is 544 g/mol. The normalized spacial score (nSPS) is 19.9. The van der Waals surface area contributed by atoms with Gasteiger partial charge in [0.1, 0.15) is 29.6 Å². The van der Waals surface area contributed by atoms with Crippen molar-refractivity contribution in [1.29, 1.82) is 0 Å². The van der Waals surface area contributed by atoms with E-state index in [2.05, 4.69) is 25.1 Å². The highest BCUT2D eigenvalue weighted by molar-refractivity contribution is 5.99. The largest absolute Gasteiger partial charge is 0.419 e. The topological polar surface area (TPSA) is 79.2 Å². The van der Waals surface area contributed by atoms with Crippen LogP contribution in [0.1, 0.15) is 55.1 Å². The van der Waals surface area contributed by atoms with E-state index in [-0.39, 0.29) is 23.9 Å². The molecule has 6 rings (SSSR count). The molecule has 5 heterocycles. The predicted molar refractivity (Wildman–Crippen MR) is 137 cm³/mol. The van der Waals surface area contributed by atoms with Crippen molar-refractivity contribution >= 4 is 17.5 Å². The number of benzene rings is 1. The first kappa shape index (κ1) is 25.7. The summed E-state index contributed by atoms with van der Waals surface area (Å²) in [7, 11) is 0. The van der Waals surface area contributed by atoms with Crippen molar-refractivity contribution < 1.29 is 22.4 Å². The Hall–Kier alpha value is -3.54. The Kier molecular flexibility index (Phi) is 6.74. The zero-order valence-corrected chi connectivity index (χ0v) is 21.3. The van der Waals surface area contributed by atoms with Gasteiger partial charge in [-0.3, -0.25) is 4.79 Å². The van der Waals surface area contributed by atoms with E-state index in [1.54, 1.807) is 6.20 Å². The van der Waals surface area contributed by atoms with Gasteiger partial charge in [0.25, 0.3) is 0 Å². The Morgan fingerprint density at radius 2 is 1.82 bits per heavy atom. The van der Waals surface area contributed by atoms with E-state index in [1.165, 1.54) is 12.4 Å². The number of carbonyl (C=O) groups is 1. The van der Waals surface area contributed by atoms with Gasteiger partial charge < -0.3 is 19.7 Å². The molecule has 1 amide bonds. The summed E-state index contributed by atoms with van der Waals surface area (Å²) in [6.45, 7) is 4.17. The van der Waals surface area contributed by atoms with E-state index in [1.807, 2.05) is 4.57 Å². The van der Waals surface area contributed by atoms with Crippen LogP contribution in [-0.2, 0) is 23.9 Å². The molecule has 39 heavy (non-hydrogen) atoms. The summed E-state index contributed by atoms with van der Waals surface area (Å²) in [5.74, 6) is 0.482. The number of carbonyl (C=O) groups excluding carboxylic acids is 1. The molecule has 8 nitrogen and oxygen atoms in total. The van der Waals surface area contributed by atoms with Gasteiger partial charge in [-0.15, -0.1) is 0 Å². The van der Waals surface area contributed by atoms with Gasteiger partial charge in [-0.25, -0.2) is 19.3 Å². The third-order valence-corrected chi connectivity index (χ3v) is 7.82. The molecule has 1 aromatic carbocycles. The first-order chi connectivity index (χ1) is 18.8. The molecular weight excluding hydrogens is 514 g/mol. The lowest BCUT2D eigenvalue weighted by atomic mass is 10.00. The second-order valence-electron chi connectivity index (χ2n) is 10.4. The Morgan fingerprint density at radius 3 is 2.62 bits per heavy atom. The molecule has 1 atom stereocenters. The zero-order chi connectivity index (χ0) is 27.1. The number of fused-ring (bicyclic) bond motifs is 1. The Labute approximate surface area is 223 Å². The molecule has 12 heteroatoms. The van der Waals surface area contributed by atoms with Crippen LogP contribution in [-0.4, -0.2) is 56.5 Å². The van der Waals surface area contributed by atoms with Crippen LogP contribution in [0.25, 0.3) is 11.3 Å². The molecule has 0 spiro atoms. The number of hydrogen-bond donors (Lipinski definition) is 1. The van der Waals surface area contributed by atoms with Crippen LogP contribution >= 0.6 is 0 Å². The second kappa shape index (κ2) is 10.2. The van der Waals surface area contributed by atoms with Crippen molar-refractivity contribution in [2.75, 3.05) is 36.4 Å². The van der Waals surface area contributed by atoms with E-state index in [0.717, 1.165) is 75.3 Å². The van der Waals surface area contributed by atoms with E-state index >= 15 is 0 Å². The highest BCUT2D eigenvalue weighted by Crippen LogP contribution is 2.40. The fraction of sp³-hybridized carbons (Fsp3) is 0.481. The maximum Gasteiger partial charge on any atom is 0.419 e. The van der Waals surface area contributed by atoms with Crippen molar-refractivity contribution in [3.63, 3.8) is 0 Å². The number of imidazole rings is 1. The number of likely N-dealkylation sites (tertiary alicyclic amines) is 1. The van der Waals surface area contributed by atoms with Crippen LogP contribution in [0.4, 0.5) is 29.2 Å². The molecule has 206 valence electrons. The maximum absolute atomic E-state index is 14.0. The fourth-order valence-electron chi connectivity index (χ4n) is 5.88. The molecule has 3 aliphatic rings. The summed E-state index contributed by atoms with van der Waals surface area (Å²) in [5.41, 5.74) is 0.0245. The quantitative estimate of drug-likeness (QED) is 0.450. The lowest BCUT2D eigenvalue weighted by molar-refractivity contribution is -0.140. The van der Waals surface area contributed by atoms with E-state index < -0.39 is 17.6 Å². The summed E-state index contributed by atoms with van der Waals surface area (Å²) in [6.07, 6.45) is 3.57. The molecule has 3 aromatic rings. The number of amides is 1. The van der Waals surface area contributed by atoms with Crippen LogP contribution in [0, 0.1) is 5.82 Å². The van der Waals surface area contributed by atoms with Crippen molar-refractivity contribution in [2.24, 2.45) is 0 Å². The summed E-state index contributed by atoms with van der Waals surface area (Å²) in [5, 5.41) is 2.78. The molecule has 1 unspecified atom stereocenters. The zero-order valence-electron chi connectivity index (χ0n) is 21.3. The lowest BCUT2D eigenvalue weighted by Crippen LogP contribution is -2.37. The average Bonchev–Trinajstić information content (AvgIpc) is 3.66. The van der Waals surface area contributed by atoms with Gasteiger partial charge in [-0.1, -0.05) is 0 Å². The number of nitrogens with one attached hydrogen (secondary N) is 1. The van der Waals surface area contributed by atoms with E-state index in [9.17, 15) is 22.4 Å². The Balaban J connectivity index is 1.40. The number of halogens is 4. The number of hydrogen-bond acceptors (Lipinski definition) is 6. The first-order valence-corrected chi connectivity index (χ1v) is 13.3. The van der Waals surface area contributed by atoms with E-state index in [0.29, 0.717) is 30.4 Å². The number of alkyl halides is 3. The van der Waals surface area contributed by atoms with Gasteiger partial charge in [-0.2, -0.15) is 13.2 Å². The standard InChI is InChI=1S/C27H29F4N7O/c28-20-7-6-17(13-19(20)27(29,30)31)21-15-37(12-11-36-8-3-4-9-36)26(34-21)22-5-1-2-10-38(22)25-18-14-23(39)35-24(18)32-16-33-25/h6-7,13,15-16,22H,1-5,8-12,14H2,(H,32,33,35,39). The minimum absolute atomic E-state index is 0.133.